The molecule has 112 valence electrons. The monoisotopic (exact) mass is 371 g/mol. The van der Waals surface area contributed by atoms with E-state index in [1.807, 2.05) is 0 Å². The molecule has 20 heavy (non-hydrogen) atoms. The quantitative estimate of drug-likeness (QED) is 0.796. The van der Waals surface area contributed by atoms with Crippen LogP contribution in [0.1, 0.15) is 19.3 Å². The van der Waals surface area contributed by atoms with Crippen LogP contribution in [0.4, 0.5) is 13.2 Å². The molecule has 1 aromatic rings. The van der Waals surface area contributed by atoms with Crippen molar-refractivity contribution < 1.29 is 21.6 Å². The maximum atomic E-state index is 13.0. The fourth-order valence-corrected chi connectivity index (χ4v) is 4.21. The van der Waals surface area contributed by atoms with Crippen molar-refractivity contribution in [2.75, 3.05) is 6.54 Å². The average Bonchev–Trinajstić information content (AvgIpc) is 2.38. The normalized spacial score (nSPS) is 21.9. The minimum atomic E-state index is -4.54. The van der Waals surface area contributed by atoms with E-state index in [0.29, 0.717) is 21.6 Å². The summed E-state index contributed by atoms with van der Waals surface area (Å²) < 4.78 is 64.9. The van der Waals surface area contributed by atoms with Crippen molar-refractivity contribution in [2.24, 2.45) is 0 Å². The molecule has 1 unspecified atom stereocenters. The molecule has 0 amide bonds. The van der Waals surface area contributed by atoms with Crippen molar-refractivity contribution in [3.05, 3.63) is 28.7 Å². The number of alkyl halides is 3. The molecule has 0 bridgehead atoms. The summed E-state index contributed by atoms with van der Waals surface area (Å²) in [5.74, 6) is 0. The molecule has 1 atom stereocenters. The van der Waals surface area contributed by atoms with Gasteiger partial charge in [-0.25, -0.2) is 8.42 Å². The van der Waals surface area contributed by atoms with Gasteiger partial charge in [0.05, 0.1) is 4.90 Å². The predicted octanol–water partition coefficient (Wildman–Crippen LogP) is 3.55. The second-order valence-corrected chi connectivity index (χ2v) is 7.43. The molecule has 3 nitrogen and oxygen atoms in total. The van der Waals surface area contributed by atoms with Crippen LogP contribution >= 0.6 is 15.9 Å². The summed E-state index contributed by atoms with van der Waals surface area (Å²) in [5, 5.41) is 0. The Morgan fingerprint density at radius 2 is 1.75 bits per heavy atom. The minimum Gasteiger partial charge on any atom is -0.207 e. The second-order valence-electron chi connectivity index (χ2n) is 4.62. The Balaban J connectivity index is 2.38. The van der Waals surface area contributed by atoms with Crippen LogP contribution in [0.3, 0.4) is 0 Å². The Kier molecular flexibility index (Phi) is 4.46. The van der Waals surface area contributed by atoms with Crippen LogP contribution in [0.2, 0.25) is 0 Å². The average molecular weight is 372 g/mol. The predicted molar refractivity (Wildman–Crippen MR) is 71.7 cm³/mol. The highest BCUT2D eigenvalue weighted by atomic mass is 79.9. The number of hydrogen-bond acceptors (Lipinski definition) is 2. The van der Waals surface area contributed by atoms with Crippen LogP contribution in [-0.2, 0) is 10.0 Å². The number of benzene rings is 1. The molecule has 1 fully saturated rings. The van der Waals surface area contributed by atoms with E-state index < -0.39 is 22.2 Å². The Bertz CT molecular complexity index is 571. The van der Waals surface area contributed by atoms with Gasteiger partial charge in [-0.3, -0.25) is 0 Å². The maximum absolute atomic E-state index is 13.0. The first kappa shape index (κ1) is 15.8. The van der Waals surface area contributed by atoms with Gasteiger partial charge in [0.25, 0.3) is 0 Å². The van der Waals surface area contributed by atoms with E-state index >= 15 is 0 Å². The lowest BCUT2D eigenvalue weighted by Crippen LogP contribution is -2.51. The molecular formula is C12H13BrF3NO2S. The van der Waals surface area contributed by atoms with Gasteiger partial charge >= 0.3 is 6.18 Å². The standard InChI is InChI=1S/C12H13BrF3NO2S/c13-9-4-6-10(7-5-9)20(18,19)17-8-2-1-3-11(17)12(14,15)16/h4-7,11H,1-3,8H2. The summed E-state index contributed by atoms with van der Waals surface area (Å²) in [6, 6.07) is 3.69. The topological polar surface area (TPSA) is 37.4 Å². The number of halogens is 4. The molecule has 0 N–H and O–H groups in total. The zero-order valence-corrected chi connectivity index (χ0v) is 12.8. The molecule has 0 aromatic heterocycles. The van der Waals surface area contributed by atoms with Crippen LogP contribution in [0.15, 0.2) is 33.6 Å². The van der Waals surface area contributed by atoms with E-state index in [4.69, 9.17) is 0 Å². The van der Waals surface area contributed by atoms with Crippen molar-refractivity contribution >= 4 is 26.0 Å². The third kappa shape index (κ3) is 3.17. The largest absolute Gasteiger partial charge is 0.405 e. The van der Waals surface area contributed by atoms with E-state index in [0.717, 1.165) is 0 Å². The lowest BCUT2D eigenvalue weighted by atomic mass is 10.1. The Labute approximate surface area is 123 Å². The van der Waals surface area contributed by atoms with E-state index in [1.165, 1.54) is 24.3 Å². The number of piperidine rings is 1. The van der Waals surface area contributed by atoms with E-state index in [1.54, 1.807) is 0 Å². The van der Waals surface area contributed by atoms with Gasteiger partial charge < -0.3 is 0 Å². The maximum Gasteiger partial charge on any atom is 0.405 e. The highest BCUT2D eigenvalue weighted by Gasteiger charge is 2.48. The molecule has 1 aromatic carbocycles. The smallest absolute Gasteiger partial charge is 0.207 e. The first-order valence-electron chi connectivity index (χ1n) is 6.07. The summed E-state index contributed by atoms with van der Waals surface area (Å²) in [4.78, 5) is -0.114. The van der Waals surface area contributed by atoms with Crippen LogP contribution in [0.5, 0.6) is 0 Å². The summed E-state index contributed by atoms with van der Waals surface area (Å²) in [5.41, 5.74) is 0. The molecule has 1 aliphatic heterocycles. The number of sulfonamides is 1. The second kappa shape index (κ2) is 5.65. The van der Waals surface area contributed by atoms with Gasteiger partial charge in [0.15, 0.2) is 0 Å². The fourth-order valence-electron chi connectivity index (χ4n) is 2.26. The lowest BCUT2D eigenvalue weighted by Gasteiger charge is -2.35. The summed E-state index contributed by atoms with van der Waals surface area (Å²) >= 11 is 3.16. The number of rotatable bonds is 2. The first-order chi connectivity index (χ1) is 9.23. The van der Waals surface area contributed by atoms with Gasteiger partial charge in [0.2, 0.25) is 10.0 Å². The van der Waals surface area contributed by atoms with Crippen molar-refractivity contribution in [1.82, 2.24) is 4.31 Å². The fraction of sp³-hybridized carbons (Fsp3) is 0.500. The summed E-state index contributed by atoms with van der Waals surface area (Å²) in [7, 11) is -4.12. The minimum absolute atomic E-state index is 0.0947. The zero-order valence-electron chi connectivity index (χ0n) is 10.4. The van der Waals surface area contributed by atoms with Gasteiger partial charge in [-0.1, -0.05) is 22.4 Å². The molecular weight excluding hydrogens is 359 g/mol. The molecule has 0 aliphatic carbocycles. The third-order valence-corrected chi connectivity index (χ3v) is 5.70. The van der Waals surface area contributed by atoms with Crippen molar-refractivity contribution in [3.63, 3.8) is 0 Å². The molecule has 1 aliphatic rings. The zero-order chi connectivity index (χ0) is 15.0. The Morgan fingerprint density at radius 3 is 2.30 bits per heavy atom. The summed E-state index contributed by atoms with van der Waals surface area (Å²) in [6.07, 6.45) is -3.89. The first-order valence-corrected chi connectivity index (χ1v) is 8.30. The van der Waals surface area contributed by atoms with Crippen molar-refractivity contribution in [2.45, 2.75) is 36.4 Å². The molecule has 0 saturated carbocycles. The summed E-state index contributed by atoms with van der Waals surface area (Å²) in [6.45, 7) is -0.0947. The Morgan fingerprint density at radius 1 is 1.15 bits per heavy atom. The number of hydrogen-bond donors (Lipinski definition) is 0. The molecule has 2 rings (SSSR count). The third-order valence-electron chi connectivity index (χ3n) is 3.25. The van der Waals surface area contributed by atoms with Gasteiger partial charge in [0, 0.05) is 11.0 Å². The lowest BCUT2D eigenvalue weighted by molar-refractivity contribution is -0.177. The van der Waals surface area contributed by atoms with Crippen LogP contribution in [0.25, 0.3) is 0 Å². The van der Waals surface area contributed by atoms with Crippen molar-refractivity contribution in [1.29, 1.82) is 0 Å². The van der Waals surface area contributed by atoms with Crippen molar-refractivity contribution in [3.8, 4) is 0 Å². The van der Waals surface area contributed by atoms with Gasteiger partial charge in [0.1, 0.15) is 6.04 Å². The molecule has 1 saturated heterocycles. The van der Waals surface area contributed by atoms with Gasteiger partial charge in [-0.05, 0) is 37.1 Å². The highest BCUT2D eigenvalue weighted by molar-refractivity contribution is 9.10. The van der Waals surface area contributed by atoms with E-state index in [2.05, 4.69) is 15.9 Å². The van der Waals surface area contributed by atoms with Crippen LogP contribution in [0, 0.1) is 0 Å². The SMILES string of the molecule is O=S(=O)(c1ccc(Br)cc1)N1CCCCC1C(F)(F)F. The molecule has 8 heteroatoms. The van der Waals surface area contributed by atoms with Gasteiger partial charge in [-0.2, -0.15) is 17.5 Å². The van der Waals surface area contributed by atoms with E-state index in [-0.39, 0.29) is 17.9 Å². The number of nitrogens with zero attached hydrogens (tertiary/aromatic N) is 1. The highest BCUT2D eigenvalue weighted by Crippen LogP contribution is 2.35. The van der Waals surface area contributed by atoms with E-state index in [9.17, 15) is 21.6 Å². The molecule has 1 heterocycles. The van der Waals surface area contributed by atoms with Crippen LogP contribution in [-0.4, -0.2) is 31.5 Å². The molecule has 0 spiro atoms. The van der Waals surface area contributed by atoms with Crippen LogP contribution < -0.4 is 0 Å². The Hall–Kier alpha value is -0.600. The van der Waals surface area contributed by atoms with Gasteiger partial charge in [-0.15, -0.1) is 0 Å². The molecule has 0 radical (unpaired) electrons.